The third kappa shape index (κ3) is 2.63. The zero-order valence-corrected chi connectivity index (χ0v) is 9.30. The van der Waals surface area contributed by atoms with Crippen molar-refractivity contribution in [3.63, 3.8) is 0 Å². The van der Waals surface area contributed by atoms with Crippen molar-refractivity contribution in [2.45, 2.75) is 13.5 Å². The van der Waals surface area contributed by atoms with Gasteiger partial charge in [-0.3, -0.25) is 0 Å². The topological polar surface area (TPSA) is 75.4 Å². The summed E-state index contributed by atoms with van der Waals surface area (Å²) in [5, 5.41) is 10.8. The average Bonchev–Trinajstić information content (AvgIpc) is 2.69. The van der Waals surface area contributed by atoms with Crippen LogP contribution in [0.25, 0.3) is 11.5 Å². The van der Waals surface area contributed by atoms with Crippen LogP contribution in [0.4, 0.5) is 4.79 Å². The molecule has 5 nitrogen and oxygen atoms in total. The zero-order valence-electron chi connectivity index (χ0n) is 9.30. The highest BCUT2D eigenvalue weighted by Gasteiger charge is 2.11. The van der Waals surface area contributed by atoms with E-state index in [-0.39, 0.29) is 6.54 Å². The van der Waals surface area contributed by atoms with Crippen LogP contribution in [0.5, 0.6) is 0 Å². The summed E-state index contributed by atoms with van der Waals surface area (Å²) in [5.74, 6) is 1.13. The van der Waals surface area contributed by atoms with Crippen molar-refractivity contribution >= 4 is 6.09 Å². The van der Waals surface area contributed by atoms with Crippen molar-refractivity contribution in [2.75, 3.05) is 0 Å². The number of nitrogens with one attached hydrogen (secondary N) is 1. The van der Waals surface area contributed by atoms with E-state index in [4.69, 9.17) is 9.52 Å². The van der Waals surface area contributed by atoms with Gasteiger partial charge in [-0.15, -0.1) is 0 Å². The van der Waals surface area contributed by atoms with Gasteiger partial charge in [-0.05, 0) is 19.1 Å². The number of carboxylic acid groups (broad SMARTS) is 1. The zero-order chi connectivity index (χ0) is 12.3. The Bertz CT molecular complexity index is 520. The summed E-state index contributed by atoms with van der Waals surface area (Å²) in [6.45, 7) is 1.91. The fourth-order valence-corrected chi connectivity index (χ4v) is 1.46. The molecule has 0 fully saturated rings. The second-order valence-electron chi connectivity index (χ2n) is 3.55. The summed E-state index contributed by atoms with van der Waals surface area (Å²) in [4.78, 5) is 14.7. The quantitative estimate of drug-likeness (QED) is 0.852. The lowest BCUT2D eigenvalue weighted by Crippen LogP contribution is -2.20. The fraction of sp³-hybridized carbons (Fsp3) is 0.167. The van der Waals surface area contributed by atoms with Crippen molar-refractivity contribution in [1.29, 1.82) is 0 Å². The van der Waals surface area contributed by atoms with Gasteiger partial charge in [0.2, 0.25) is 5.89 Å². The first kappa shape index (κ1) is 11.2. The van der Waals surface area contributed by atoms with Gasteiger partial charge in [-0.1, -0.05) is 18.2 Å². The Labute approximate surface area is 98.1 Å². The molecule has 0 aliphatic rings. The summed E-state index contributed by atoms with van der Waals surface area (Å²) in [5.41, 5.74) is 1.48. The van der Waals surface area contributed by atoms with Crippen LogP contribution in [0.2, 0.25) is 0 Å². The van der Waals surface area contributed by atoms with Crippen LogP contribution < -0.4 is 5.32 Å². The Kier molecular flexibility index (Phi) is 3.09. The van der Waals surface area contributed by atoms with Crippen LogP contribution >= 0.6 is 0 Å². The second kappa shape index (κ2) is 4.69. The Morgan fingerprint density at radius 3 is 2.76 bits per heavy atom. The number of aryl methyl sites for hydroxylation is 1. The summed E-state index contributed by atoms with van der Waals surface area (Å²) >= 11 is 0. The van der Waals surface area contributed by atoms with E-state index in [1.165, 1.54) is 0 Å². The van der Waals surface area contributed by atoms with Crippen molar-refractivity contribution < 1.29 is 14.3 Å². The van der Waals surface area contributed by atoms with Crippen LogP contribution in [0.3, 0.4) is 0 Å². The highest BCUT2D eigenvalue weighted by molar-refractivity contribution is 5.64. The Balaban J connectivity index is 2.22. The van der Waals surface area contributed by atoms with E-state index >= 15 is 0 Å². The molecule has 2 aromatic rings. The lowest BCUT2D eigenvalue weighted by Gasteiger charge is -1.95. The number of amides is 1. The van der Waals surface area contributed by atoms with Gasteiger partial charge in [-0.2, -0.15) is 0 Å². The third-order valence-electron chi connectivity index (χ3n) is 2.32. The number of carbonyl (C=O) groups is 1. The molecule has 88 valence electrons. The van der Waals surface area contributed by atoms with Crippen molar-refractivity contribution in [3.05, 3.63) is 41.8 Å². The van der Waals surface area contributed by atoms with Crippen LogP contribution in [0, 0.1) is 6.92 Å². The van der Waals surface area contributed by atoms with Gasteiger partial charge >= 0.3 is 6.09 Å². The molecule has 0 radical (unpaired) electrons. The first-order valence-electron chi connectivity index (χ1n) is 5.15. The van der Waals surface area contributed by atoms with Crippen molar-refractivity contribution in [3.8, 4) is 11.5 Å². The summed E-state index contributed by atoms with van der Waals surface area (Å²) in [7, 11) is 0. The average molecular weight is 232 g/mol. The number of hydrogen-bond acceptors (Lipinski definition) is 3. The molecule has 0 unspecified atom stereocenters. The van der Waals surface area contributed by atoms with Gasteiger partial charge < -0.3 is 14.8 Å². The second-order valence-corrected chi connectivity index (χ2v) is 3.55. The smallest absolute Gasteiger partial charge is 0.404 e. The first-order valence-corrected chi connectivity index (χ1v) is 5.15. The van der Waals surface area contributed by atoms with E-state index in [9.17, 15) is 4.79 Å². The van der Waals surface area contributed by atoms with Crippen molar-refractivity contribution in [1.82, 2.24) is 10.3 Å². The minimum Gasteiger partial charge on any atom is -0.465 e. The molecular weight excluding hydrogens is 220 g/mol. The van der Waals surface area contributed by atoms with Crippen LogP contribution in [0.15, 0.2) is 34.7 Å². The van der Waals surface area contributed by atoms with Gasteiger partial charge in [0.15, 0.2) is 0 Å². The van der Waals surface area contributed by atoms with E-state index in [0.29, 0.717) is 17.3 Å². The molecule has 17 heavy (non-hydrogen) atoms. The summed E-state index contributed by atoms with van der Waals surface area (Å²) in [6.07, 6.45) is -1.08. The molecule has 2 rings (SSSR count). The molecule has 1 aromatic heterocycles. The standard InChI is InChI=1S/C12H12N2O3/c1-8-10(7-13-12(15)16)14-11(17-8)9-5-3-2-4-6-9/h2-6,13H,7H2,1H3,(H,15,16). The molecule has 1 amide bonds. The van der Waals surface area contributed by atoms with Crippen LogP contribution in [0.1, 0.15) is 11.5 Å². The minimum absolute atomic E-state index is 0.150. The van der Waals surface area contributed by atoms with Crippen LogP contribution in [-0.4, -0.2) is 16.2 Å². The molecule has 0 aliphatic carbocycles. The highest BCUT2D eigenvalue weighted by atomic mass is 16.4. The number of aromatic nitrogens is 1. The SMILES string of the molecule is Cc1oc(-c2ccccc2)nc1CNC(=O)O. The maximum absolute atomic E-state index is 10.4. The molecule has 5 heteroatoms. The number of nitrogens with zero attached hydrogens (tertiary/aromatic N) is 1. The summed E-state index contributed by atoms with van der Waals surface area (Å²) < 4.78 is 5.49. The highest BCUT2D eigenvalue weighted by Crippen LogP contribution is 2.21. The van der Waals surface area contributed by atoms with Gasteiger partial charge in [0, 0.05) is 5.56 Å². The van der Waals surface area contributed by atoms with E-state index in [1.54, 1.807) is 6.92 Å². The molecule has 1 aromatic carbocycles. The monoisotopic (exact) mass is 232 g/mol. The normalized spacial score (nSPS) is 10.2. The number of hydrogen-bond donors (Lipinski definition) is 2. The number of benzene rings is 1. The Morgan fingerprint density at radius 2 is 2.12 bits per heavy atom. The predicted octanol–water partition coefficient (Wildman–Crippen LogP) is 2.42. The van der Waals surface area contributed by atoms with Gasteiger partial charge in [0.25, 0.3) is 0 Å². The minimum atomic E-state index is -1.08. The largest absolute Gasteiger partial charge is 0.465 e. The summed E-state index contributed by atoms with van der Waals surface area (Å²) in [6, 6.07) is 9.47. The molecule has 0 saturated heterocycles. The van der Waals surface area contributed by atoms with E-state index in [1.807, 2.05) is 30.3 Å². The van der Waals surface area contributed by atoms with E-state index in [2.05, 4.69) is 10.3 Å². The first-order chi connectivity index (χ1) is 8.16. The molecule has 0 atom stereocenters. The van der Waals surface area contributed by atoms with E-state index in [0.717, 1.165) is 5.56 Å². The number of oxazole rings is 1. The van der Waals surface area contributed by atoms with Crippen molar-refractivity contribution in [2.24, 2.45) is 0 Å². The molecule has 0 bridgehead atoms. The van der Waals surface area contributed by atoms with Gasteiger partial charge in [-0.25, -0.2) is 9.78 Å². The maximum Gasteiger partial charge on any atom is 0.404 e. The molecule has 0 saturated carbocycles. The van der Waals surface area contributed by atoms with Gasteiger partial charge in [0.1, 0.15) is 11.5 Å². The molecule has 0 spiro atoms. The lowest BCUT2D eigenvalue weighted by atomic mass is 10.2. The number of rotatable bonds is 3. The molecule has 2 N–H and O–H groups in total. The third-order valence-corrected chi connectivity index (χ3v) is 2.32. The molecular formula is C12H12N2O3. The Morgan fingerprint density at radius 1 is 1.41 bits per heavy atom. The van der Waals surface area contributed by atoms with E-state index < -0.39 is 6.09 Å². The molecule has 1 heterocycles. The maximum atomic E-state index is 10.4. The fourth-order valence-electron chi connectivity index (χ4n) is 1.46. The van der Waals surface area contributed by atoms with Gasteiger partial charge in [0.05, 0.1) is 6.54 Å². The van der Waals surface area contributed by atoms with Crippen LogP contribution in [-0.2, 0) is 6.54 Å². The lowest BCUT2D eigenvalue weighted by molar-refractivity contribution is 0.194. The molecule has 0 aliphatic heterocycles. The predicted molar refractivity (Wildman–Crippen MR) is 61.5 cm³/mol. The Hall–Kier alpha value is -2.30.